The van der Waals surface area contributed by atoms with Gasteiger partial charge >= 0.3 is 0 Å². The first kappa shape index (κ1) is 14.6. The second-order valence-corrected chi connectivity index (χ2v) is 7.28. The fraction of sp³-hybridized carbons (Fsp3) is 0.867. The van der Waals surface area contributed by atoms with Crippen LogP contribution in [0.2, 0.25) is 0 Å². The van der Waals surface area contributed by atoms with Crippen molar-refractivity contribution in [2.24, 2.45) is 28.6 Å². The molecule has 3 rings (SSSR count). The van der Waals surface area contributed by atoms with Crippen LogP contribution in [0.15, 0.2) is 5.16 Å². The Labute approximate surface area is 125 Å². The number of nitrogens with two attached hydrogens (primary N) is 1. The van der Waals surface area contributed by atoms with Crippen molar-refractivity contribution < 1.29 is 10.0 Å². The second-order valence-electron chi connectivity index (χ2n) is 7.28. The summed E-state index contributed by atoms with van der Waals surface area (Å²) in [5, 5.41) is 12.0. The topological polar surface area (TPSA) is 82.2 Å². The minimum absolute atomic E-state index is 0.221. The van der Waals surface area contributed by atoms with E-state index in [1.807, 2.05) is 18.7 Å². The summed E-state index contributed by atoms with van der Waals surface area (Å²) in [6, 6.07) is 0. The van der Waals surface area contributed by atoms with E-state index < -0.39 is 5.54 Å². The number of hydrogen-bond donors (Lipinski definition) is 2. The second kappa shape index (κ2) is 5.16. The van der Waals surface area contributed by atoms with Crippen molar-refractivity contribution in [3.63, 3.8) is 0 Å². The third kappa shape index (κ3) is 2.61. The maximum atomic E-state index is 12.5. The minimum Gasteiger partial charge on any atom is -0.409 e. The highest BCUT2D eigenvalue weighted by molar-refractivity contribution is 5.88. The van der Waals surface area contributed by atoms with Crippen LogP contribution in [0, 0.1) is 17.8 Å². The Balaban J connectivity index is 1.54. The molecule has 1 saturated heterocycles. The third-order valence-corrected chi connectivity index (χ3v) is 5.71. The Kier molecular flexibility index (Phi) is 3.59. The van der Waals surface area contributed by atoms with E-state index in [4.69, 9.17) is 10.9 Å². The highest BCUT2D eigenvalue weighted by Crippen LogP contribution is 2.54. The van der Waals surface area contributed by atoms with Gasteiger partial charge < -0.3 is 15.8 Å². The summed E-state index contributed by atoms with van der Waals surface area (Å²) in [5.41, 5.74) is 5.30. The van der Waals surface area contributed by atoms with Crippen LogP contribution in [-0.4, -0.2) is 58.5 Å². The van der Waals surface area contributed by atoms with E-state index in [2.05, 4.69) is 10.1 Å². The molecule has 0 aromatic heterocycles. The number of nitrogens with zero attached hydrogens (tertiary/aromatic N) is 3. The minimum atomic E-state index is -0.473. The van der Waals surface area contributed by atoms with Crippen molar-refractivity contribution in [1.29, 1.82) is 0 Å². The molecule has 0 aromatic rings. The fourth-order valence-corrected chi connectivity index (χ4v) is 3.94. The largest absolute Gasteiger partial charge is 0.409 e. The summed E-state index contributed by atoms with van der Waals surface area (Å²) in [7, 11) is 0. The van der Waals surface area contributed by atoms with Crippen molar-refractivity contribution >= 4 is 11.7 Å². The summed E-state index contributed by atoms with van der Waals surface area (Å²) in [4.78, 5) is 16.7. The van der Waals surface area contributed by atoms with Gasteiger partial charge in [0.2, 0.25) is 5.91 Å². The van der Waals surface area contributed by atoms with Gasteiger partial charge in [0.15, 0.2) is 5.84 Å². The van der Waals surface area contributed by atoms with Gasteiger partial charge in [-0.25, -0.2) is 0 Å². The Morgan fingerprint density at radius 1 is 1.14 bits per heavy atom. The molecule has 6 nitrogen and oxygen atoms in total. The van der Waals surface area contributed by atoms with Crippen LogP contribution in [0.4, 0.5) is 0 Å². The van der Waals surface area contributed by atoms with Gasteiger partial charge in [0.05, 0.1) is 5.54 Å². The molecule has 3 fully saturated rings. The highest BCUT2D eigenvalue weighted by Gasteiger charge is 2.49. The Bertz CT molecular complexity index is 445. The normalized spacial score (nSPS) is 33.9. The van der Waals surface area contributed by atoms with E-state index in [-0.39, 0.29) is 11.8 Å². The SMILES string of the molecule is CC(C)(C(N)=NO)N1CCN(C(=O)C2CC3CC3C2)CC1. The van der Waals surface area contributed by atoms with Crippen molar-refractivity contribution in [2.75, 3.05) is 26.2 Å². The molecule has 1 aliphatic heterocycles. The van der Waals surface area contributed by atoms with Crippen LogP contribution in [-0.2, 0) is 4.79 Å². The number of fused-ring (bicyclic) bond motifs is 1. The number of amides is 1. The first-order valence-corrected chi connectivity index (χ1v) is 7.95. The molecule has 2 saturated carbocycles. The van der Waals surface area contributed by atoms with Gasteiger partial charge in [-0.3, -0.25) is 9.69 Å². The van der Waals surface area contributed by atoms with Gasteiger partial charge in [0.1, 0.15) is 0 Å². The highest BCUT2D eigenvalue weighted by atomic mass is 16.4. The van der Waals surface area contributed by atoms with Crippen LogP contribution in [0.3, 0.4) is 0 Å². The van der Waals surface area contributed by atoms with Gasteiger partial charge in [0, 0.05) is 32.1 Å². The zero-order valence-corrected chi connectivity index (χ0v) is 13.0. The molecule has 2 aliphatic carbocycles. The number of oxime groups is 1. The summed E-state index contributed by atoms with van der Waals surface area (Å²) in [5.74, 6) is 2.54. The van der Waals surface area contributed by atoms with Crippen LogP contribution >= 0.6 is 0 Å². The van der Waals surface area contributed by atoms with Gasteiger partial charge in [0.25, 0.3) is 0 Å². The maximum absolute atomic E-state index is 12.5. The standard InChI is InChI=1S/C15H26N4O2/c1-15(2,14(16)17-21)19-5-3-18(4-6-19)13(20)12-8-10-7-11(10)9-12/h10-12,21H,3-9H2,1-2H3,(H2,16,17). The summed E-state index contributed by atoms with van der Waals surface area (Å²) >= 11 is 0. The van der Waals surface area contributed by atoms with E-state index >= 15 is 0 Å². The summed E-state index contributed by atoms with van der Waals surface area (Å²) in [6.45, 7) is 6.93. The van der Waals surface area contributed by atoms with E-state index in [1.54, 1.807) is 0 Å². The predicted molar refractivity (Wildman–Crippen MR) is 80.0 cm³/mol. The lowest BCUT2D eigenvalue weighted by atomic mass is 9.98. The maximum Gasteiger partial charge on any atom is 0.225 e. The molecule has 0 bridgehead atoms. The zero-order chi connectivity index (χ0) is 15.2. The molecule has 0 aromatic carbocycles. The lowest BCUT2D eigenvalue weighted by Crippen LogP contribution is -2.60. The quantitative estimate of drug-likeness (QED) is 0.347. The van der Waals surface area contributed by atoms with Crippen molar-refractivity contribution in [2.45, 2.75) is 38.6 Å². The number of hydrogen-bond acceptors (Lipinski definition) is 4. The third-order valence-electron chi connectivity index (χ3n) is 5.71. The number of carbonyl (C=O) groups excluding carboxylic acids is 1. The first-order valence-electron chi connectivity index (χ1n) is 7.95. The molecule has 21 heavy (non-hydrogen) atoms. The van der Waals surface area contributed by atoms with Crippen LogP contribution < -0.4 is 5.73 Å². The molecule has 1 amide bonds. The average molecular weight is 294 g/mol. The van der Waals surface area contributed by atoms with Crippen LogP contribution in [0.1, 0.15) is 33.1 Å². The lowest BCUT2D eigenvalue weighted by Gasteiger charge is -2.43. The van der Waals surface area contributed by atoms with Crippen LogP contribution in [0.5, 0.6) is 0 Å². The molecule has 1 heterocycles. The van der Waals surface area contributed by atoms with E-state index in [1.165, 1.54) is 6.42 Å². The number of amidine groups is 1. The smallest absolute Gasteiger partial charge is 0.225 e. The van der Waals surface area contributed by atoms with Crippen molar-refractivity contribution in [3.05, 3.63) is 0 Å². The molecule has 0 radical (unpaired) electrons. The average Bonchev–Trinajstić information content (AvgIpc) is 3.11. The molecule has 2 unspecified atom stereocenters. The van der Waals surface area contributed by atoms with E-state index in [9.17, 15) is 4.79 Å². The summed E-state index contributed by atoms with van der Waals surface area (Å²) in [6.07, 6.45) is 3.57. The van der Waals surface area contributed by atoms with Gasteiger partial charge in [-0.2, -0.15) is 0 Å². The van der Waals surface area contributed by atoms with E-state index in [0.29, 0.717) is 5.91 Å². The molecular weight excluding hydrogens is 268 g/mol. The molecule has 2 atom stereocenters. The van der Waals surface area contributed by atoms with Gasteiger partial charge in [-0.1, -0.05) is 5.16 Å². The fourth-order valence-electron chi connectivity index (χ4n) is 3.94. The Morgan fingerprint density at radius 3 is 2.24 bits per heavy atom. The van der Waals surface area contributed by atoms with Crippen molar-refractivity contribution in [3.8, 4) is 0 Å². The van der Waals surface area contributed by atoms with E-state index in [0.717, 1.165) is 50.9 Å². The molecule has 6 heteroatoms. The number of carbonyl (C=O) groups is 1. The molecule has 3 N–H and O–H groups in total. The van der Waals surface area contributed by atoms with Crippen LogP contribution in [0.25, 0.3) is 0 Å². The molecule has 3 aliphatic rings. The molecule has 118 valence electrons. The van der Waals surface area contributed by atoms with Gasteiger partial charge in [-0.05, 0) is 44.9 Å². The zero-order valence-electron chi connectivity index (χ0n) is 13.0. The predicted octanol–water partition coefficient (Wildman–Crippen LogP) is 0.702. The Hall–Kier alpha value is -1.30. The summed E-state index contributed by atoms with van der Waals surface area (Å²) < 4.78 is 0. The number of rotatable bonds is 3. The van der Waals surface area contributed by atoms with Gasteiger partial charge in [-0.15, -0.1) is 0 Å². The molecular formula is C15H26N4O2. The Morgan fingerprint density at radius 2 is 1.71 bits per heavy atom. The number of piperazine rings is 1. The lowest BCUT2D eigenvalue weighted by molar-refractivity contribution is -0.138. The van der Waals surface area contributed by atoms with Crippen molar-refractivity contribution in [1.82, 2.24) is 9.80 Å². The first-order chi connectivity index (χ1) is 9.93. The molecule has 0 spiro atoms. The monoisotopic (exact) mass is 294 g/mol.